The lowest BCUT2D eigenvalue weighted by atomic mass is 9.81. The number of ether oxygens (including phenoxy) is 1. The summed E-state index contributed by atoms with van der Waals surface area (Å²) in [4.78, 5) is 0. The molecule has 2 rings (SSSR count). The summed E-state index contributed by atoms with van der Waals surface area (Å²) in [6.45, 7) is 20.6. The van der Waals surface area contributed by atoms with Crippen molar-refractivity contribution >= 4 is 8.32 Å². The van der Waals surface area contributed by atoms with Gasteiger partial charge in [0, 0.05) is 6.61 Å². The molecule has 0 aromatic rings. The summed E-state index contributed by atoms with van der Waals surface area (Å²) in [6, 6.07) is 0. The van der Waals surface area contributed by atoms with Crippen molar-refractivity contribution in [3.05, 3.63) is 12.2 Å². The van der Waals surface area contributed by atoms with Crippen molar-refractivity contribution in [2.45, 2.75) is 91.0 Å². The molecule has 1 saturated heterocycles. The van der Waals surface area contributed by atoms with Crippen LogP contribution in [0, 0.1) is 23.7 Å². The highest BCUT2D eigenvalue weighted by atomic mass is 28.4. The zero-order valence-electron chi connectivity index (χ0n) is 18.0. The molecule has 25 heavy (non-hydrogen) atoms. The van der Waals surface area contributed by atoms with Crippen molar-refractivity contribution in [1.82, 2.24) is 0 Å². The van der Waals surface area contributed by atoms with Crippen LogP contribution in [0.15, 0.2) is 12.2 Å². The van der Waals surface area contributed by atoms with Crippen molar-refractivity contribution in [3.63, 3.8) is 0 Å². The molecule has 0 N–H and O–H groups in total. The van der Waals surface area contributed by atoms with E-state index in [4.69, 9.17) is 9.16 Å². The average molecular weight is 367 g/mol. The molecule has 1 heterocycles. The predicted molar refractivity (Wildman–Crippen MR) is 110 cm³/mol. The van der Waals surface area contributed by atoms with Gasteiger partial charge in [-0.3, -0.25) is 0 Å². The molecule has 0 amide bonds. The summed E-state index contributed by atoms with van der Waals surface area (Å²) >= 11 is 0. The van der Waals surface area contributed by atoms with E-state index < -0.39 is 8.32 Å². The summed E-state index contributed by atoms with van der Waals surface area (Å²) < 4.78 is 12.1. The molecule has 0 bridgehead atoms. The molecule has 0 radical (unpaired) electrons. The largest absolute Gasteiger partial charge is 0.417 e. The van der Waals surface area contributed by atoms with Crippen LogP contribution in [-0.2, 0) is 9.16 Å². The Bertz CT molecular complexity index is 459. The number of allylic oxidation sites excluding steroid dienone is 2. The van der Waals surface area contributed by atoms with Crippen LogP contribution in [0.3, 0.4) is 0 Å². The van der Waals surface area contributed by atoms with Gasteiger partial charge in [-0.25, -0.2) is 0 Å². The van der Waals surface area contributed by atoms with Crippen LogP contribution in [0.1, 0.15) is 67.2 Å². The minimum absolute atomic E-state index is 0.181. The Morgan fingerprint density at radius 2 is 1.92 bits per heavy atom. The lowest BCUT2D eigenvalue weighted by Gasteiger charge is -2.36. The maximum absolute atomic E-state index is 6.31. The van der Waals surface area contributed by atoms with Crippen LogP contribution >= 0.6 is 0 Å². The molecule has 1 aliphatic carbocycles. The van der Waals surface area contributed by atoms with Crippen molar-refractivity contribution in [2.75, 3.05) is 13.2 Å². The van der Waals surface area contributed by atoms with Crippen LogP contribution in [-0.4, -0.2) is 27.1 Å². The van der Waals surface area contributed by atoms with E-state index in [1.165, 1.54) is 25.7 Å². The minimum atomic E-state index is -1.58. The standard InChI is InChI=1S/C22H42O2Si/c1-17(10-9-15-24-25(7,8)21(3,4)5)11-13-19-18(2)12-14-20(19)22(6)16-23-22/h11,13,17-20H,9-10,12,14-16H2,1-8H3/b13-11+/t17-,18+,19-,20-,22-/m1/s1. The highest BCUT2D eigenvalue weighted by Gasteiger charge is 2.52. The van der Waals surface area contributed by atoms with Gasteiger partial charge < -0.3 is 9.16 Å². The predicted octanol–water partition coefficient (Wildman–Crippen LogP) is 6.43. The molecule has 146 valence electrons. The van der Waals surface area contributed by atoms with Gasteiger partial charge in [-0.2, -0.15) is 0 Å². The van der Waals surface area contributed by atoms with Crippen molar-refractivity contribution in [3.8, 4) is 0 Å². The Morgan fingerprint density at radius 1 is 1.28 bits per heavy atom. The first-order valence-corrected chi connectivity index (χ1v) is 13.3. The molecule has 0 spiro atoms. The molecule has 2 fully saturated rings. The summed E-state index contributed by atoms with van der Waals surface area (Å²) in [5.41, 5.74) is 0.181. The van der Waals surface area contributed by atoms with E-state index in [0.29, 0.717) is 16.9 Å². The highest BCUT2D eigenvalue weighted by Crippen LogP contribution is 2.50. The molecule has 0 aromatic heterocycles. The van der Waals surface area contributed by atoms with Gasteiger partial charge >= 0.3 is 0 Å². The summed E-state index contributed by atoms with van der Waals surface area (Å²) in [5.74, 6) is 2.88. The first kappa shape index (κ1) is 21.2. The van der Waals surface area contributed by atoms with Gasteiger partial charge in [0.05, 0.1) is 12.2 Å². The Hall–Kier alpha value is -0.123. The van der Waals surface area contributed by atoms with Crippen LogP contribution < -0.4 is 0 Å². The first-order valence-electron chi connectivity index (χ1n) is 10.4. The highest BCUT2D eigenvalue weighted by molar-refractivity contribution is 6.74. The van der Waals surface area contributed by atoms with Gasteiger partial charge in [0.2, 0.25) is 0 Å². The second-order valence-electron chi connectivity index (χ2n) is 10.5. The van der Waals surface area contributed by atoms with Crippen LogP contribution in [0.2, 0.25) is 18.1 Å². The lowest BCUT2D eigenvalue weighted by molar-refractivity contribution is 0.204. The number of hydrogen-bond donors (Lipinski definition) is 0. The summed E-state index contributed by atoms with van der Waals surface area (Å²) in [5, 5.41) is 0.313. The monoisotopic (exact) mass is 366 g/mol. The number of hydrogen-bond acceptors (Lipinski definition) is 2. The molecule has 1 aliphatic heterocycles. The zero-order valence-corrected chi connectivity index (χ0v) is 19.0. The first-order chi connectivity index (χ1) is 11.5. The molecule has 1 saturated carbocycles. The second-order valence-corrected chi connectivity index (χ2v) is 15.3. The Labute approximate surface area is 157 Å². The molecule has 5 atom stereocenters. The second kappa shape index (κ2) is 7.86. The van der Waals surface area contributed by atoms with Gasteiger partial charge in [0.15, 0.2) is 8.32 Å². The quantitative estimate of drug-likeness (QED) is 0.214. The smallest absolute Gasteiger partial charge is 0.191 e. The molecule has 2 aliphatic rings. The van der Waals surface area contributed by atoms with Gasteiger partial charge in [-0.05, 0) is 74.4 Å². The molecular weight excluding hydrogens is 324 g/mol. The fourth-order valence-corrected chi connectivity index (χ4v) is 5.04. The van der Waals surface area contributed by atoms with Gasteiger partial charge in [-0.15, -0.1) is 0 Å². The zero-order chi connectivity index (χ0) is 18.9. The third kappa shape index (κ3) is 5.43. The van der Waals surface area contributed by atoms with E-state index in [1.54, 1.807) is 0 Å². The van der Waals surface area contributed by atoms with Crippen molar-refractivity contribution in [1.29, 1.82) is 0 Å². The molecular formula is C22H42O2Si. The SMILES string of the molecule is C[C@@H](/C=C/[C@H]1[C@H]([C@@]2(C)CO2)CC[C@@H]1C)CCCO[Si](C)(C)C(C)(C)C. The van der Waals surface area contributed by atoms with E-state index in [1.807, 2.05) is 0 Å². The maximum Gasteiger partial charge on any atom is 0.191 e. The Balaban J connectivity index is 1.74. The van der Waals surface area contributed by atoms with E-state index in [-0.39, 0.29) is 5.60 Å². The molecule has 0 unspecified atom stereocenters. The van der Waals surface area contributed by atoms with Crippen LogP contribution in [0.25, 0.3) is 0 Å². The third-order valence-electron chi connectivity index (χ3n) is 7.17. The molecule has 2 nitrogen and oxygen atoms in total. The lowest BCUT2D eigenvalue weighted by Crippen LogP contribution is -2.41. The van der Waals surface area contributed by atoms with Crippen molar-refractivity contribution < 1.29 is 9.16 Å². The van der Waals surface area contributed by atoms with Gasteiger partial charge in [-0.1, -0.05) is 46.8 Å². The van der Waals surface area contributed by atoms with E-state index >= 15 is 0 Å². The van der Waals surface area contributed by atoms with Gasteiger partial charge in [0.1, 0.15) is 0 Å². The molecule has 0 aromatic carbocycles. The number of rotatable bonds is 8. The maximum atomic E-state index is 6.31. The minimum Gasteiger partial charge on any atom is -0.417 e. The molecule has 3 heteroatoms. The van der Waals surface area contributed by atoms with E-state index in [2.05, 4.69) is 66.8 Å². The summed E-state index contributed by atoms with van der Waals surface area (Å²) in [6.07, 6.45) is 10.1. The normalized spacial score (nSPS) is 34.6. The Kier molecular flexibility index (Phi) is 6.66. The fraction of sp³-hybridized carbons (Fsp3) is 0.909. The van der Waals surface area contributed by atoms with E-state index in [0.717, 1.165) is 25.0 Å². The van der Waals surface area contributed by atoms with Crippen LogP contribution in [0.4, 0.5) is 0 Å². The van der Waals surface area contributed by atoms with Crippen LogP contribution in [0.5, 0.6) is 0 Å². The van der Waals surface area contributed by atoms with Crippen molar-refractivity contribution in [2.24, 2.45) is 23.7 Å². The summed E-state index contributed by atoms with van der Waals surface area (Å²) in [7, 11) is -1.58. The Morgan fingerprint density at radius 3 is 2.48 bits per heavy atom. The third-order valence-corrected chi connectivity index (χ3v) is 11.7. The fourth-order valence-electron chi connectivity index (χ4n) is 3.95. The van der Waals surface area contributed by atoms with E-state index in [9.17, 15) is 0 Å². The number of epoxide rings is 1. The van der Waals surface area contributed by atoms with Gasteiger partial charge in [0.25, 0.3) is 0 Å². The topological polar surface area (TPSA) is 21.8 Å². The average Bonchev–Trinajstić information content (AvgIpc) is 3.12.